The predicted molar refractivity (Wildman–Crippen MR) is 77.5 cm³/mol. The van der Waals surface area contributed by atoms with Crippen LogP contribution in [0.5, 0.6) is 5.88 Å². The average Bonchev–Trinajstić information content (AvgIpc) is 2.38. The van der Waals surface area contributed by atoms with Gasteiger partial charge in [-0.25, -0.2) is 14.2 Å². The van der Waals surface area contributed by atoms with Gasteiger partial charge in [-0.05, 0) is 30.7 Å². The molecule has 2 aromatic rings. The second kappa shape index (κ2) is 5.75. The third-order valence-corrected chi connectivity index (χ3v) is 3.45. The number of hydrogen-bond donors (Lipinski definition) is 2. The summed E-state index contributed by atoms with van der Waals surface area (Å²) in [5.74, 6) is -0.998. The van der Waals surface area contributed by atoms with Gasteiger partial charge in [-0.3, -0.25) is 0 Å². The number of ether oxygens (including phenoxy) is 1. The van der Waals surface area contributed by atoms with Crippen LogP contribution in [0.15, 0.2) is 18.2 Å². The summed E-state index contributed by atoms with van der Waals surface area (Å²) in [5, 5.41) is 8.79. The average molecular weight is 331 g/mol. The molecule has 0 spiro atoms. The van der Waals surface area contributed by atoms with E-state index in [-0.39, 0.29) is 22.0 Å². The standard InChI is InChI=1S/C13H9Cl2FN2O3/c1-5-2-8(16)6(3-7(5)14)10-4-9(17)11(15)12(18-10)21-13(19)20/h2-4H,1H3,(H2,17,18)(H,19,20). The maximum absolute atomic E-state index is 14.0. The van der Waals surface area contributed by atoms with E-state index in [4.69, 9.17) is 34.0 Å². The van der Waals surface area contributed by atoms with E-state index in [9.17, 15) is 9.18 Å². The summed E-state index contributed by atoms with van der Waals surface area (Å²) in [7, 11) is 0. The number of nitrogens with zero attached hydrogens (tertiary/aromatic N) is 1. The summed E-state index contributed by atoms with van der Waals surface area (Å²) in [6.45, 7) is 1.65. The van der Waals surface area contributed by atoms with Gasteiger partial charge in [0.15, 0.2) is 0 Å². The molecular weight excluding hydrogens is 322 g/mol. The maximum Gasteiger partial charge on any atom is 0.512 e. The zero-order chi connectivity index (χ0) is 15.7. The highest BCUT2D eigenvalue weighted by atomic mass is 35.5. The number of nitrogen functional groups attached to an aromatic ring is 1. The molecule has 0 amide bonds. The Morgan fingerprint density at radius 2 is 2.05 bits per heavy atom. The van der Waals surface area contributed by atoms with Gasteiger partial charge in [0.1, 0.15) is 10.8 Å². The highest BCUT2D eigenvalue weighted by molar-refractivity contribution is 6.34. The summed E-state index contributed by atoms with van der Waals surface area (Å²) >= 11 is 11.8. The van der Waals surface area contributed by atoms with Crippen molar-refractivity contribution in [1.82, 2.24) is 4.98 Å². The number of halogens is 3. The first-order valence-corrected chi connectivity index (χ1v) is 6.38. The molecule has 0 bridgehead atoms. The molecular formula is C13H9Cl2FN2O3. The first-order valence-electron chi connectivity index (χ1n) is 5.62. The Hall–Kier alpha value is -2.05. The molecule has 110 valence electrons. The number of carboxylic acid groups (broad SMARTS) is 1. The number of anilines is 1. The van der Waals surface area contributed by atoms with E-state index in [1.165, 1.54) is 18.2 Å². The van der Waals surface area contributed by atoms with E-state index >= 15 is 0 Å². The van der Waals surface area contributed by atoms with Crippen LogP contribution in [0.1, 0.15) is 5.56 Å². The number of nitrogens with two attached hydrogens (primary N) is 1. The lowest BCUT2D eigenvalue weighted by atomic mass is 10.1. The lowest BCUT2D eigenvalue weighted by molar-refractivity contribution is 0.142. The number of hydrogen-bond acceptors (Lipinski definition) is 4. The molecule has 0 radical (unpaired) electrons. The van der Waals surface area contributed by atoms with Crippen molar-refractivity contribution in [1.29, 1.82) is 0 Å². The molecule has 2 rings (SSSR count). The number of carbonyl (C=O) groups is 1. The molecule has 21 heavy (non-hydrogen) atoms. The summed E-state index contributed by atoms with van der Waals surface area (Å²) in [6, 6.07) is 3.91. The van der Waals surface area contributed by atoms with Crippen molar-refractivity contribution in [2.45, 2.75) is 6.92 Å². The van der Waals surface area contributed by atoms with Gasteiger partial charge in [-0.1, -0.05) is 23.2 Å². The van der Waals surface area contributed by atoms with E-state index in [1.807, 2.05) is 0 Å². The Morgan fingerprint density at radius 3 is 2.67 bits per heavy atom. The molecule has 0 saturated heterocycles. The van der Waals surface area contributed by atoms with Gasteiger partial charge in [0.2, 0.25) is 5.88 Å². The lowest BCUT2D eigenvalue weighted by Crippen LogP contribution is -2.07. The van der Waals surface area contributed by atoms with Crippen LogP contribution in [-0.2, 0) is 0 Å². The smallest absolute Gasteiger partial charge is 0.449 e. The number of aromatic nitrogens is 1. The molecule has 0 aliphatic heterocycles. The van der Waals surface area contributed by atoms with Crippen molar-refractivity contribution in [3.05, 3.63) is 39.6 Å². The fourth-order valence-corrected chi connectivity index (χ4v) is 1.95. The van der Waals surface area contributed by atoms with Crippen molar-refractivity contribution >= 4 is 35.0 Å². The molecule has 1 aromatic carbocycles. The Labute approximate surface area is 129 Å². The summed E-state index contributed by atoms with van der Waals surface area (Å²) in [5.41, 5.74) is 6.34. The van der Waals surface area contributed by atoms with E-state index in [0.29, 0.717) is 10.6 Å². The van der Waals surface area contributed by atoms with Crippen LogP contribution in [0.25, 0.3) is 11.3 Å². The molecule has 0 saturated carbocycles. The third-order valence-electron chi connectivity index (χ3n) is 2.66. The van der Waals surface area contributed by atoms with Crippen molar-refractivity contribution in [2.75, 3.05) is 5.73 Å². The maximum atomic E-state index is 14.0. The van der Waals surface area contributed by atoms with Gasteiger partial charge in [0.25, 0.3) is 0 Å². The molecule has 0 atom stereocenters. The number of pyridine rings is 1. The molecule has 5 nitrogen and oxygen atoms in total. The largest absolute Gasteiger partial charge is 0.512 e. The second-order valence-electron chi connectivity index (χ2n) is 4.17. The Balaban J connectivity index is 2.62. The van der Waals surface area contributed by atoms with Crippen LogP contribution in [0.4, 0.5) is 14.9 Å². The number of rotatable bonds is 2. The van der Waals surface area contributed by atoms with Crippen LogP contribution in [-0.4, -0.2) is 16.2 Å². The van der Waals surface area contributed by atoms with Crippen LogP contribution in [0, 0.1) is 12.7 Å². The molecule has 0 aliphatic carbocycles. The molecule has 0 aliphatic rings. The van der Waals surface area contributed by atoms with Gasteiger partial charge in [0, 0.05) is 10.6 Å². The van der Waals surface area contributed by atoms with E-state index in [1.54, 1.807) is 6.92 Å². The van der Waals surface area contributed by atoms with Gasteiger partial charge >= 0.3 is 6.16 Å². The number of benzene rings is 1. The zero-order valence-electron chi connectivity index (χ0n) is 10.7. The van der Waals surface area contributed by atoms with E-state index in [0.717, 1.165) is 0 Å². The Morgan fingerprint density at radius 1 is 1.38 bits per heavy atom. The minimum absolute atomic E-state index is 0.00835. The molecule has 0 unspecified atom stereocenters. The minimum atomic E-state index is -1.61. The number of aryl methyl sites for hydroxylation is 1. The molecule has 8 heteroatoms. The summed E-state index contributed by atoms with van der Waals surface area (Å²) in [4.78, 5) is 14.5. The first kappa shape index (κ1) is 15.3. The lowest BCUT2D eigenvalue weighted by Gasteiger charge is -2.10. The Bertz CT molecular complexity index is 738. The SMILES string of the molecule is Cc1cc(F)c(-c2cc(N)c(Cl)c(OC(=O)O)n2)cc1Cl. The van der Waals surface area contributed by atoms with Gasteiger partial charge in [0.05, 0.1) is 11.4 Å². The zero-order valence-corrected chi connectivity index (χ0v) is 12.2. The molecule has 1 aromatic heterocycles. The van der Waals surface area contributed by atoms with Crippen molar-refractivity contribution in [3.63, 3.8) is 0 Å². The van der Waals surface area contributed by atoms with Crippen LogP contribution in [0.2, 0.25) is 10.0 Å². The van der Waals surface area contributed by atoms with Gasteiger partial charge < -0.3 is 15.6 Å². The fraction of sp³-hybridized carbons (Fsp3) is 0.0769. The highest BCUT2D eigenvalue weighted by Crippen LogP contribution is 2.35. The van der Waals surface area contributed by atoms with Crippen molar-refractivity contribution < 1.29 is 19.0 Å². The first-order chi connectivity index (χ1) is 9.79. The van der Waals surface area contributed by atoms with Crippen LogP contribution >= 0.6 is 23.2 Å². The quantitative estimate of drug-likeness (QED) is 0.808. The molecule has 1 heterocycles. The minimum Gasteiger partial charge on any atom is -0.449 e. The highest BCUT2D eigenvalue weighted by Gasteiger charge is 2.17. The molecule has 3 N–H and O–H groups in total. The predicted octanol–water partition coefficient (Wildman–Crippen LogP) is 4.14. The third kappa shape index (κ3) is 3.17. The van der Waals surface area contributed by atoms with E-state index in [2.05, 4.69) is 9.72 Å². The fourth-order valence-electron chi connectivity index (χ4n) is 1.66. The monoisotopic (exact) mass is 330 g/mol. The molecule has 0 fully saturated rings. The normalized spacial score (nSPS) is 10.5. The summed E-state index contributed by atoms with van der Waals surface area (Å²) < 4.78 is 18.4. The second-order valence-corrected chi connectivity index (χ2v) is 4.95. The van der Waals surface area contributed by atoms with Crippen LogP contribution in [0.3, 0.4) is 0 Å². The summed E-state index contributed by atoms with van der Waals surface area (Å²) in [6.07, 6.45) is -1.61. The van der Waals surface area contributed by atoms with E-state index < -0.39 is 17.9 Å². The van der Waals surface area contributed by atoms with Crippen molar-refractivity contribution in [3.8, 4) is 17.1 Å². The topological polar surface area (TPSA) is 85.4 Å². The Kier molecular flexibility index (Phi) is 4.20. The van der Waals surface area contributed by atoms with Gasteiger partial charge in [-0.2, -0.15) is 0 Å². The van der Waals surface area contributed by atoms with Crippen LogP contribution < -0.4 is 10.5 Å². The van der Waals surface area contributed by atoms with Crippen molar-refractivity contribution in [2.24, 2.45) is 0 Å². The van der Waals surface area contributed by atoms with Gasteiger partial charge in [-0.15, -0.1) is 0 Å².